The number of nitrogens with zero attached hydrogens (tertiary/aromatic N) is 1. The van der Waals surface area contributed by atoms with Gasteiger partial charge in [-0.2, -0.15) is 0 Å². The summed E-state index contributed by atoms with van der Waals surface area (Å²) in [6, 6.07) is 48.1. The van der Waals surface area contributed by atoms with E-state index >= 15 is 0 Å². The molecular weight excluding hydrogens is 601 g/mol. The van der Waals surface area contributed by atoms with E-state index in [0.29, 0.717) is 0 Å². The fourth-order valence-corrected chi connectivity index (χ4v) is 11.0. The topological polar surface area (TPSA) is 31.4 Å². The second kappa shape index (κ2) is 10.7. The monoisotopic (exact) mass is 627 g/mol. The Morgan fingerprint density at radius 1 is 0.391 bits per heavy atom. The second-order valence-corrected chi connectivity index (χ2v) is 15.8. The molecule has 0 bridgehead atoms. The maximum atomic E-state index is 6.87. The number of hydrogen-bond acceptors (Lipinski definition) is 4. The minimum atomic E-state index is -2.53. The molecule has 0 fully saturated rings. The first-order chi connectivity index (χ1) is 22.6. The van der Waals surface area contributed by atoms with E-state index in [2.05, 4.69) is 126 Å². The van der Waals surface area contributed by atoms with Crippen molar-refractivity contribution < 1.29 is 9.47 Å². The standard InChI is InChI=1S/C41H26NO2PS/c46-45-39-16-14-32(27-8-3-1-4-9-27)23-35(39)43-37-25-34(31-13-7-12-30(22-31)29-18-20-42-21-19-29)26-38(41(37)45)44-36-24-33(15-17-40(36)45)28-10-5-2-6-11-28/h1-26H. The third kappa shape index (κ3) is 4.34. The minimum Gasteiger partial charge on any atom is -0.456 e. The molecule has 0 unspecified atom stereocenters. The van der Waals surface area contributed by atoms with E-state index in [9.17, 15) is 0 Å². The summed E-state index contributed by atoms with van der Waals surface area (Å²) < 4.78 is 13.6. The Kier molecular flexibility index (Phi) is 6.28. The van der Waals surface area contributed by atoms with Gasteiger partial charge in [0, 0.05) is 23.0 Å². The molecule has 0 saturated heterocycles. The molecule has 6 aromatic carbocycles. The van der Waals surface area contributed by atoms with E-state index in [-0.39, 0.29) is 0 Å². The van der Waals surface area contributed by atoms with Crippen LogP contribution in [0.5, 0.6) is 23.0 Å². The Morgan fingerprint density at radius 2 is 0.826 bits per heavy atom. The highest BCUT2D eigenvalue weighted by Gasteiger charge is 2.43. The second-order valence-electron chi connectivity index (χ2n) is 11.5. The van der Waals surface area contributed by atoms with Crippen molar-refractivity contribution in [3.63, 3.8) is 0 Å². The molecule has 0 spiro atoms. The maximum Gasteiger partial charge on any atom is 0.140 e. The van der Waals surface area contributed by atoms with Crippen LogP contribution in [0.3, 0.4) is 0 Å². The van der Waals surface area contributed by atoms with Crippen molar-refractivity contribution in [2.75, 3.05) is 0 Å². The largest absolute Gasteiger partial charge is 0.456 e. The number of ether oxygens (including phenoxy) is 2. The van der Waals surface area contributed by atoms with Crippen molar-refractivity contribution in [3.05, 3.63) is 158 Å². The van der Waals surface area contributed by atoms with Crippen LogP contribution in [0.1, 0.15) is 0 Å². The summed E-state index contributed by atoms with van der Waals surface area (Å²) in [5, 5.41) is 3.09. The zero-order chi connectivity index (χ0) is 30.7. The zero-order valence-electron chi connectivity index (χ0n) is 24.6. The van der Waals surface area contributed by atoms with Crippen molar-refractivity contribution in [1.29, 1.82) is 0 Å². The molecule has 7 aromatic rings. The summed E-state index contributed by atoms with van der Waals surface area (Å²) in [7, 11) is 0. The van der Waals surface area contributed by atoms with Gasteiger partial charge >= 0.3 is 0 Å². The molecule has 0 N–H and O–H groups in total. The van der Waals surface area contributed by atoms with Crippen LogP contribution in [-0.4, -0.2) is 4.98 Å². The van der Waals surface area contributed by atoms with Gasteiger partial charge in [-0.3, -0.25) is 4.98 Å². The molecule has 218 valence electrons. The van der Waals surface area contributed by atoms with Gasteiger partial charge in [0.25, 0.3) is 0 Å². The van der Waals surface area contributed by atoms with Gasteiger partial charge in [0.1, 0.15) is 23.0 Å². The first kappa shape index (κ1) is 27.1. The number of hydrogen-bond donors (Lipinski definition) is 0. The van der Waals surface area contributed by atoms with Crippen LogP contribution >= 0.6 is 6.04 Å². The van der Waals surface area contributed by atoms with E-state index in [4.69, 9.17) is 21.3 Å². The van der Waals surface area contributed by atoms with Gasteiger partial charge in [-0.25, -0.2) is 0 Å². The van der Waals surface area contributed by atoms with Crippen molar-refractivity contribution in [3.8, 4) is 67.5 Å². The Bertz CT molecular complexity index is 2220. The van der Waals surface area contributed by atoms with E-state index < -0.39 is 6.04 Å². The fourth-order valence-electron chi connectivity index (χ4n) is 6.58. The molecular formula is C41H26NO2PS. The molecule has 2 aliphatic heterocycles. The van der Waals surface area contributed by atoms with E-state index in [1.807, 2.05) is 36.7 Å². The Morgan fingerprint density at radius 3 is 1.37 bits per heavy atom. The molecule has 0 saturated carbocycles. The molecule has 0 atom stereocenters. The molecule has 0 aliphatic carbocycles. The maximum absolute atomic E-state index is 6.87. The summed E-state index contributed by atoms with van der Waals surface area (Å²) in [5.41, 5.74) is 8.78. The molecule has 2 aliphatic rings. The smallest absolute Gasteiger partial charge is 0.140 e. The summed E-state index contributed by atoms with van der Waals surface area (Å²) in [6.45, 7) is 0. The van der Waals surface area contributed by atoms with E-state index in [1.54, 1.807) is 0 Å². The zero-order valence-corrected chi connectivity index (χ0v) is 26.3. The number of rotatable bonds is 4. The van der Waals surface area contributed by atoms with Crippen LogP contribution in [0, 0.1) is 0 Å². The van der Waals surface area contributed by atoms with Gasteiger partial charge in [-0.15, -0.1) is 0 Å². The van der Waals surface area contributed by atoms with Crippen LogP contribution in [0.25, 0.3) is 44.5 Å². The molecule has 9 rings (SSSR count). The average molecular weight is 628 g/mol. The van der Waals surface area contributed by atoms with Crippen LogP contribution in [0.4, 0.5) is 0 Å². The normalized spacial score (nSPS) is 13.4. The quantitative estimate of drug-likeness (QED) is 0.182. The van der Waals surface area contributed by atoms with Crippen LogP contribution in [0.2, 0.25) is 0 Å². The molecule has 46 heavy (non-hydrogen) atoms. The van der Waals surface area contributed by atoms with Crippen LogP contribution in [0.15, 0.2) is 158 Å². The third-order valence-corrected chi connectivity index (χ3v) is 13.7. The molecule has 3 nitrogen and oxygen atoms in total. The number of fused-ring (bicyclic) bond motifs is 4. The van der Waals surface area contributed by atoms with Crippen molar-refractivity contribution >= 4 is 33.8 Å². The van der Waals surface area contributed by atoms with Crippen molar-refractivity contribution in [1.82, 2.24) is 4.98 Å². The minimum absolute atomic E-state index is 0.764. The van der Waals surface area contributed by atoms with Crippen LogP contribution < -0.4 is 25.4 Å². The first-order valence-corrected chi connectivity index (χ1v) is 18.0. The SMILES string of the molecule is S=P12c3ccc(-c4ccccc4)cc3Oc3cc(-c4cccc(-c5ccncc5)c4)cc(c31)Oc1cc(-c3ccccc3)ccc12. The highest BCUT2D eigenvalue weighted by molar-refractivity contribution is 8.26. The van der Waals surface area contributed by atoms with Gasteiger partial charge < -0.3 is 9.47 Å². The summed E-state index contributed by atoms with van der Waals surface area (Å²) in [6.07, 6.45) is 3.64. The third-order valence-electron chi connectivity index (χ3n) is 8.82. The Labute approximate surface area is 272 Å². The Balaban J connectivity index is 1.25. The molecule has 0 amide bonds. The molecule has 1 aromatic heterocycles. The van der Waals surface area contributed by atoms with E-state index in [1.165, 1.54) is 0 Å². The molecule has 0 radical (unpaired) electrons. The molecule has 5 heteroatoms. The highest BCUT2D eigenvalue weighted by atomic mass is 32.4. The van der Waals surface area contributed by atoms with Crippen molar-refractivity contribution in [2.45, 2.75) is 0 Å². The summed E-state index contributed by atoms with van der Waals surface area (Å²) >= 11 is 6.87. The Hall–Kier alpha value is -5.28. The summed E-state index contributed by atoms with van der Waals surface area (Å²) in [5.74, 6) is 3.15. The van der Waals surface area contributed by atoms with Gasteiger partial charge in [0.05, 0.1) is 11.3 Å². The lowest BCUT2D eigenvalue weighted by atomic mass is 9.99. The number of aromatic nitrogens is 1. The fraction of sp³-hybridized carbons (Fsp3) is 0. The number of pyridine rings is 1. The lowest BCUT2D eigenvalue weighted by molar-refractivity contribution is 0.467. The van der Waals surface area contributed by atoms with Gasteiger partial charge in [-0.1, -0.05) is 103 Å². The highest BCUT2D eigenvalue weighted by Crippen LogP contribution is 2.59. The lowest BCUT2D eigenvalue weighted by Crippen LogP contribution is -2.35. The van der Waals surface area contributed by atoms with Crippen LogP contribution in [-0.2, 0) is 11.8 Å². The first-order valence-electron chi connectivity index (χ1n) is 15.2. The van der Waals surface area contributed by atoms with E-state index in [0.717, 1.165) is 83.4 Å². The predicted molar refractivity (Wildman–Crippen MR) is 192 cm³/mol. The molecule has 3 heterocycles. The average Bonchev–Trinajstić information content (AvgIpc) is 3.12. The summed E-state index contributed by atoms with van der Waals surface area (Å²) in [4.78, 5) is 4.19. The van der Waals surface area contributed by atoms with Gasteiger partial charge in [-0.05, 0) is 99.1 Å². The lowest BCUT2D eigenvalue weighted by Gasteiger charge is -2.38. The van der Waals surface area contributed by atoms with Gasteiger partial charge in [0.2, 0.25) is 0 Å². The van der Waals surface area contributed by atoms with Crippen molar-refractivity contribution in [2.24, 2.45) is 0 Å². The number of benzene rings is 6. The van der Waals surface area contributed by atoms with Gasteiger partial charge in [0.15, 0.2) is 0 Å². The predicted octanol–water partition coefficient (Wildman–Crippen LogP) is 9.72.